The molecule has 2 aromatic heterocycles. The largest absolute Gasteiger partial charge is 0.310 e. The summed E-state index contributed by atoms with van der Waals surface area (Å²) in [4.78, 5) is 12.1. The van der Waals surface area contributed by atoms with Crippen molar-refractivity contribution in [1.29, 1.82) is 5.26 Å². The SMILES string of the molecule is CC(C)NCc1cnc(-n2cnc(C#N)n2)nc1. The van der Waals surface area contributed by atoms with Gasteiger partial charge in [0, 0.05) is 30.5 Å². The zero-order valence-electron chi connectivity index (χ0n) is 10.2. The molecule has 7 nitrogen and oxygen atoms in total. The maximum atomic E-state index is 8.63. The van der Waals surface area contributed by atoms with Gasteiger partial charge in [-0.05, 0) is 0 Å². The second-order valence-electron chi connectivity index (χ2n) is 4.05. The Balaban J connectivity index is 2.10. The van der Waals surface area contributed by atoms with Gasteiger partial charge < -0.3 is 5.32 Å². The highest BCUT2D eigenvalue weighted by molar-refractivity contribution is 5.15. The van der Waals surface area contributed by atoms with E-state index in [2.05, 4.69) is 39.2 Å². The molecule has 2 heterocycles. The first-order valence-electron chi connectivity index (χ1n) is 5.55. The van der Waals surface area contributed by atoms with Crippen LogP contribution in [-0.4, -0.2) is 30.8 Å². The number of nitrogens with one attached hydrogen (secondary N) is 1. The third-order valence-corrected chi connectivity index (χ3v) is 2.20. The van der Waals surface area contributed by atoms with E-state index in [1.165, 1.54) is 11.0 Å². The maximum absolute atomic E-state index is 8.63. The smallest absolute Gasteiger partial charge is 0.252 e. The summed E-state index contributed by atoms with van der Waals surface area (Å²) in [5.74, 6) is 0.501. The summed E-state index contributed by atoms with van der Waals surface area (Å²) in [6, 6.07) is 2.27. The summed E-state index contributed by atoms with van der Waals surface area (Å²) in [7, 11) is 0. The van der Waals surface area contributed by atoms with Crippen LogP contribution in [-0.2, 0) is 6.54 Å². The van der Waals surface area contributed by atoms with Gasteiger partial charge in [-0.25, -0.2) is 15.0 Å². The van der Waals surface area contributed by atoms with Crippen molar-refractivity contribution in [3.05, 3.63) is 30.1 Å². The minimum atomic E-state index is 0.101. The van der Waals surface area contributed by atoms with Gasteiger partial charge in [-0.1, -0.05) is 13.8 Å². The summed E-state index contributed by atoms with van der Waals surface area (Å²) in [5.41, 5.74) is 0.994. The first-order chi connectivity index (χ1) is 8.69. The van der Waals surface area contributed by atoms with Gasteiger partial charge in [-0.3, -0.25) is 0 Å². The van der Waals surface area contributed by atoms with Gasteiger partial charge in [0.25, 0.3) is 11.8 Å². The van der Waals surface area contributed by atoms with E-state index in [-0.39, 0.29) is 5.82 Å². The van der Waals surface area contributed by atoms with Crippen LogP contribution in [0.2, 0.25) is 0 Å². The maximum Gasteiger partial charge on any atom is 0.252 e. The van der Waals surface area contributed by atoms with Crippen molar-refractivity contribution in [2.45, 2.75) is 26.4 Å². The molecule has 2 aromatic rings. The van der Waals surface area contributed by atoms with Crippen LogP contribution in [0.1, 0.15) is 25.2 Å². The average molecular weight is 243 g/mol. The van der Waals surface area contributed by atoms with Crippen molar-refractivity contribution in [2.24, 2.45) is 0 Å². The number of aromatic nitrogens is 5. The molecule has 0 aliphatic carbocycles. The second-order valence-corrected chi connectivity index (χ2v) is 4.05. The van der Waals surface area contributed by atoms with Gasteiger partial charge in [0.05, 0.1) is 0 Å². The molecular formula is C11H13N7. The van der Waals surface area contributed by atoms with Gasteiger partial charge >= 0.3 is 0 Å². The molecule has 92 valence electrons. The Bertz CT molecular complexity index is 550. The third-order valence-electron chi connectivity index (χ3n) is 2.20. The average Bonchev–Trinajstić information content (AvgIpc) is 2.85. The molecular weight excluding hydrogens is 230 g/mol. The van der Waals surface area contributed by atoms with Crippen molar-refractivity contribution in [1.82, 2.24) is 30.0 Å². The fraction of sp³-hybridized carbons (Fsp3) is 0.364. The van der Waals surface area contributed by atoms with Crippen molar-refractivity contribution >= 4 is 0 Å². The zero-order chi connectivity index (χ0) is 13.0. The Morgan fingerprint density at radius 1 is 1.33 bits per heavy atom. The minimum Gasteiger partial charge on any atom is -0.310 e. The molecule has 0 saturated carbocycles. The summed E-state index contributed by atoms with van der Waals surface area (Å²) in [5, 5.41) is 15.8. The topological polar surface area (TPSA) is 92.3 Å². The third kappa shape index (κ3) is 2.87. The first-order valence-corrected chi connectivity index (χ1v) is 5.55. The molecule has 0 fully saturated rings. The second kappa shape index (κ2) is 5.33. The molecule has 0 saturated heterocycles. The van der Waals surface area contributed by atoms with E-state index in [9.17, 15) is 0 Å². The molecule has 2 rings (SSSR count). The van der Waals surface area contributed by atoms with Crippen LogP contribution < -0.4 is 5.32 Å². The molecule has 0 aliphatic heterocycles. The van der Waals surface area contributed by atoms with Crippen LogP contribution in [0.25, 0.3) is 5.95 Å². The van der Waals surface area contributed by atoms with Crippen molar-refractivity contribution in [3.63, 3.8) is 0 Å². The lowest BCUT2D eigenvalue weighted by Gasteiger charge is -2.07. The van der Waals surface area contributed by atoms with E-state index >= 15 is 0 Å². The molecule has 1 N–H and O–H groups in total. The van der Waals surface area contributed by atoms with Crippen molar-refractivity contribution < 1.29 is 0 Å². The van der Waals surface area contributed by atoms with E-state index in [4.69, 9.17) is 5.26 Å². The molecule has 0 aliphatic rings. The zero-order valence-corrected chi connectivity index (χ0v) is 10.2. The molecule has 0 aromatic carbocycles. The van der Waals surface area contributed by atoms with Crippen LogP contribution in [0.5, 0.6) is 0 Å². The van der Waals surface area contributed by atoms with Crippen LogP contribution in [0.3, 0.4) is 0 Å². The number of nitrogens with zero attached hydrogens (tertiary/aromatic N) is 6. The lowest BCUT2D eigenvalue weighted by atomic mass is 10.3. The van der Waals surface area contributed by atoms with Crippen LogP contribution in [0.4, 0.5) is 0 Å². The molecule has 7 heteroatoms. The summed E-state index contributed by atoms with van der Waals surface area (Å²) in [6.45, 7) is 4.88. The fourth-order valence-corrected chi connectivity index (χ4v) is 1.29. The molecule has 18 heavy (non-hydrogen) atoms. The number of rotatable bonds is 4. The highest BCUT2D eigenvalue weighted by atomic mass is 15.4. The van der Waals surface area contributed by atoms with Gasteiger partial charge in [-0.2, -0.15) is 9.94 Å². The Kier molecular flexibility index (Phi) is 3.60. The Hall–Kier alpha value is -2.33. The Morgan fingerprint density at radius 3 is 2.61 bits per heavy atom. The highest BCUT2D eigenvalue weighted by Crippen LogP contribution is 2.01. The lowest BCUT2D eigenvalue weighted by molar-refractivity contribution is 0.586. The van der Waals surface area contributed by atoms with E-state index < -0.39 is 0 Å². The van der Waals surface area contributed by atoms with E-state index in [0.717, 1.165) is 12.1 Å². The van der Waals surface area contributed by atoms with Crippen molar-refractivity contribution in [2.75, 3.05) is 0 Å². The Morgan fingerprint density at radius 2 is 2.06 bits per heavy atom. The number of hydrogen-bond donors (Lipinski definition) is 1. The molecule has 0 atom stereocenters. The predicted octanol–water partition coefficient (Wildman–Crippen LogP) is 0.427. The van der Waals surface area contributed by atoms with E-state index in [0.29, 0.717) is 12.0 Å². The fourth-order valence-electron chi connectivity index (χ4n) is 1.29. The summed E-state index contributed by atoms with van der Waals surface area (Å²) >= 11 is 0. The quantitative estimate of drug-likeness (QED) is 0.837. The number of hydrogen-bond acceptors (Lipinski definition) is 6. The van der Waals surface area contributed by atoms with E-state index in [1.807, 2.05) is 6.07 Å². The first kappa shape index (κ1) is 12.1. The molecule has 0 spiro atoms. The molecule has 0 radical (unpaired) electrons. The van der Waals surface area contributed by atoms with Gasteiger partial charge in [0.15, 0.2) is 0 Å². The normalized spacial score (nSPS) is 10.6. The highest BCUT2D eigenvalue weighted by Gasteiger charge is 2.04. The van der Waals surface area contributed by atoms with Crippen LogP contribution in [0, 0.1) is 11.3 Å². The van der Waals surface area contributed by atoms with Crippen LogP contribution >= 0.6 is 0 Å². The monoisotopic (exact) mass is 243 g/mol. The summed E-state index contributed by atoms with van der Waals surface area (Å²) < 4.78 is 1.37. The Labute approximate surface area is 105 Å². The van der Waals surface area contributed by atoms with Gasteiger partial charge in [0.2, 0.25) is 0 Å². The molecule has 0 unspecified atom stereocenters. The minimum absolute atomic E-state index is 0.101. The molecule has 0 bridgehead atoms. The lowest BCUT2D eigenvalue weighted by Crippen LogP contribution is -2.22. The standard InChI is InChI=1S/C11H13N7/c1-8(2)13-4-9-5-14-11(15-6-9)18-7-16-10(3-12)17-18/h5-8,13H,4H2,1-2H3. The van der Waals surface area contributed by atoms with Crippen LogP contribution in [0.15, 0.2) is 18.7 Å². The molecule has 0 amide bonds. The van der Waals surface area contributed by atoms with Gasteiger partial charge in [0.1, 0.15) is 12.4 Å². The van der Waals surface area contributed by atoms with E-state index in [1.54, 1.807) is 12.4 Å². The predicted molar refractivity (Wildman–Crippen MR) is 63.6 cm³/mol. The van der Waals surface area contributed by atoms with Gasteiger partial charge in [-0.15, -0.1) is 5.10 Å². The number of nitriles is 1. The van der Waals surface area contributed by atoms with Crippen molar-refractivity contribution in [3.8, 4) is 12.0 Å². The summed E-state index contributed by atoms with van der Waals surface area (Å²) in [6.07, 6.45) is 4.87.